The lowest BCUT2D eigenvalue weighted by molar-refractivity contribution is 0.119. The molecule has 2 aliphatic carbocycles. The SMILES string of the molecule is OC1CCCCCC1NCCC1CCCCC1. The lowest BCUT2D eigenvalue weighted by atomic mass is 9.87. The normalized spacial score (nSPS) is 32.3. The zero-order valence-electron chi connectivity index (χ0n) is 11.2. The van der Waals surface area contributed by atoms with Crippen LogP contribution in [0.25, 0.3) is 0 Å². The van der Waals surface area contributed by atoms with Gasteiger partial charge in [0.15, 0.2) is 0 Å². The number of nitrogens with one attached hydrogen (secondary N) is 1. The van der Waals surface area contributed by atoms with E-state index in [9.17, 15) is 5.11 Å². The predicted octanol–water partition coefficient (Wildman–Crippen LogP) is 3.24. The van der Waals surface area contributed by atoms with Gasteiger partial charge < -0.3 is 10.4 Å². The van der Waals surface area contributed by atoms with Crippen LogP contribution in [0.3, 0.4) is 0 Å². The van der Waals surface area contributed by atoms with Gasteiger partial charge in [-0.1, -0.05) is 51.4 Å². The number of rotatable bonds is 4. The lowest BCUT2D eigenvalue weighted by Gasteiger charge is -2.25. The topological polar surface area (TPSA) is 32.3 Å². The van der Waals surface area contributed by atoms with Crippen molar-refractivity contribution in [3.05, 3.63) is 0 Å². The van der Waals surface area contributed by atoms with Gasteiger partial charge in [-0.3, -0.25) is 0 Å². The Labute approximate surface area is 106 Å². The van der Waals surface area contributed by atoms with Crippen LogP contribution in [0.4, 0.5) is 0 Å². The molecule has 2 N–H and O–H groups in total. The molecule has 0 aromatic carbocycles. The first-order valence-electron chi connectivity index (χ1n) is 7.78. The molecule has 0 aliphatic heterocycles. The van der Waals surface area contributed by atoms with Crippen molar-refractivity contribution in [3.8, 4) is 0 Å². The van der Waals surface area contributed by atoms with Gasteiger partial charge in [-0.05, 0) is 31.7 Å². The van der Waals surface area contributed by atoms with Crippen molar-refractivity contribution in [2.24, 2.45) is 5.92 Å². The summed E-state index contributed by atoms with van der Waals surface area (Å²) in [6.07, 6.45) is 14.4. The summed E-state index contributed by atoms with van der Waals surface area (Å²) in [5.74, 6) is 0.958. The third kappa shape index (κ3) is 4.59. The van der Waals surface area contributed by atoms with Crippen LogP contribution in [0.2, 0.25) is 0 Å². The molecule has 100 valence electrons. The zero-order valence-corrected chi connectivity index (χ0v) is 11.2. The van der Waals surface area contributed by atoms with Crippen LogP contribution >= 0.6 is 0 Å². The highest BCUT2D eigenvalue weighted by molar-refractivity contribution is 4.79. The van der Waals surface area contributed by atoms with Crippen molar-refractivity contribution in [1.29, 1.82) is 0 Å². The molecular weight excluding hydrogens is 210 g/mol. The maximum atomic E-state index is 10.0. The molecular formula is C15H29NO. The third-order valence-corrected chi connectivity index (χ3v) is 4.66. The first kappa shape index (κ1) is 13.4. The minimum Gasteiger partial charge on any atom is -0.392 e. The molecule has 0 radical (unpaired) electrons. The van der Waals surface area contributed by atoms with Gasteiger partial charge in [-0.15, -0.1) is 0 Å². The predicted molar refractivity (Wildman–Crippen MR) is 72.1 cm³/mol. The molecule has 2 nitrogen and oxygen atoms in total. The maximum Gasteiger partial charge on any atom is 0.0693 e. The minimum absolute atomic E-state index is 0.0937. The fourth-order valence-electron chi connectivity index (χ4n) is 3.47. The van der Waals surface area contributed by atoms with E-state index in [2.05, 4.69) is 5.32 Å². The Morgan fingerprint density at radius 3 is 2.24 bits per heavy atom. The largest absolute Gasteiger partial charge is 0.392 e. The molecule has 2 unspecified atom stereocenters. The molecule has 2 heteroatoms. The molecule has 0 aromatic rings. The zero-order chi connectivity index (χ0) is 11.9. The summed E-state index contributed by atoms with van der Waals surface area (Å²) in [6.45, 7) is 1.12. The summed E-state index contributed by atoms with van der Waals surface area (Å²) in [7, 11) is 0. The number of hydrogen-bond donors (Lipinski definition) is 2. The van der Waals surface area contributed by atoms with E-state index in [0.29, 0.717) is 6.04 Å². The van der Waals surface area contributed by atoms with Crippen LogP contribution in [0.1, 0.15) is 70.6 Å². The molecule has 2 fully saturated rings. The Hall–Kier alpha value is -0.0800. The Morgan fingerprint density at radius 2 is 1.47 bits per heavy atom. The molecule has 2 saturated carbocycles. The van der Waals surface area contributed by atoms with Gasteiger partial charge >= 0.3 is 0 Å². The summed E-state index contributed by atoms with van der Waals surface area (Å²) in [4.78, 5) is 0. The van der Waals surface area contributed by atoms with Crippen LogP contribution in [0, 0.1) is 5.92 Å². The Kier molecular flexibility index (Phi) is 5.79. The van der Waals surface area contributed by atoms with Crippen molar-refractivity contribution >= 4 is 0 Å². The molecule has 0 saturated heterocycles. The average molecular weight is 239 g/mol. The molecule has 17 heavy (non-hydrogen) atoms. The van der Waals surface area contributed by atoms with Crippen molar-refractivity contribution in [2.45, 2.75) is 82.8 Å². The standard InChI is InChI=1S/C15H29NO/c17-15-10-6-2-5-9-14(15)16-12-11-13-7-3-1-4-8-13/h13-17H,1-12H2. The van der Waals surface area contributed by atoms with Crippen LogP contribution < -0.4 is 5.32 Å². The minimum atomic E-state index is -0.0937. The second kappa shape index (κ2) is 7.38. The molecule has 0 heterocycles. The number of hydrogen-bond acceptors (Lipinski definition) is 2. The van der Waals surface area contributed by atoms with Gasteiger partial charge in [-0.2, -0.15) is 0 Å². The van der Waals surface area contributed by atoms with Gasteiger partial charge in [0.1, 0.15) is 0 Å². The Bertz CT molecular complexity index is 201. The van der Waals surface area contributed by atoms with E-state index in [-0.39, 0.29) is 6.10 Å². The summed E-state index contributed by atoms with van der Waals surface area (Å²) in [5.41, 5.74) is 0. The highest BCUT2D eigenvalue weighted by Crippen LogP contribution is 2.26. The molecule has 2 aliphatic rings. The fourth-order valence-corrected chi connectivity index (χ4v) is 3.47. The monoisotopic (exact) mass is 239 g/mol. The average Bonchev–Trinajstić information content (AvgIpc) is 2.56. The third-order valence-electron chi connectivity index (χ3n) is 4.66. The summed E-state index contributed by atoms with van der Waals surface area (Å²) in [6, 6.07) is 0.376. The highest BCUT2D eigenvalue weighted by atomic mass is 16.3. The van der Waals surface area contributed by atoms with Crippen molar-refractivity contribution < 1.29 is 5.11 Å². The molecule has 0 bridgehead atoms. The van der Waals surface area contributed by atoms with Crippen molar-refractivity contribution in [3.63, 3.8) is 0 Å². The fraction of sp³-hybridized carbons (Fsp3) is 1.00. The van der Waals surface area contributed by atoms with Crippen molar-refractivity contribution in [2.75, 3.05) is 6.54 Å². The van der Waals surface area contributed by atoms with E-state index < -0.39 is 0 Å². The molecule has 2 atom stereocenters. The molecule has 0 aromatic heterocycles. The van der Waals surface area contributed by atoms with Crippen LogP contribution in [0.15, 0.2) is 0 Å². The van der Waals surface area contributed by atoms with Gasteiger partial charge in [0.25, 0.3) is 0 Å². The first-order chi connectivity index (χ1) is 8.36. The van der Waals surface area contributed by atoms with Gasteiger partial charge in [-0.25, -0.2) is 0 Å². The summed E-state index contributed by atoms with van der Waals surface area (Å²) >= 11 is 0. The number of aliphatic hydroxyl groups excluding tert-OH is 1. The van der Waals surface area contributed by atoms with Crippen LogP contribution in [0.5, 0.6) is 0 Å². The Balaban J connectivity index is 1.62. The maximum absolute atomic E-state index is 10.0. The van der Waals surface area contributed by atoms with Crippen molar-refractivity contribution in [1.82, 2.24) is 5.32 Å². The molecule has 2 rings (SSSR count). The van der Waals surface area contributed by atoms with Crippen LogP contribution in [-0.4, -0.2) is 23.8 Å². The van der Waals surface area contributed by atoms with Gasteiger partial charge in [0.05, 0.1) is 6.10 Å². The van der Waals surface area contributed by atoms with E-state index in [1.54, 1.807) is 0 Å². The summed E-state index contributed by atoms with van der Waals surface area (Å²) < 4.78 is 0. The first-order valence-corrected chi connectivity index (χ1v) is 7.78. The number of aliphatic hydroxyl groups is 1. The van der Waals surface area contributed by atoms with E-state index in [1.165, 1.54) is 64.2 Å². The second-order valence-electron chi connectivity index (χ2n) is 6.06. The smallest absolute Gasteiger partial charge is 0.0693 e. The quantitative estimate of drug-likeness (QED) is 0.738. The van der Waals surface area contributed by atoms with Gasteiger partial charge in [0.2, 0.25) is 0 Å². The summed E-state index contributed by atoms with van der Waals surface area (Å²) in [5, 5.41) is 13.6. The Morgan fingerprint density at radius 1 is 0.824 bits per heavy atom. The van der Waals surface area contributed by atoms with E-state index >= 15 is 0 Å². The molecule has 0 amide bonds. The lowest BCUT2D eigenvalue weighted by Crippen LogP contribution is -2.40. The van der Waals surface area contributed by atoms with Crippen LogP contribution in [-0.2, 0) is 0 Å². The molecule has 0 spiro atoms. The second-order valence-corrected chi connectivity index (χ2v) is 6.06. The van der Waals surface area contributed by atoms with E-state index in [0.717, 1.165) is 18.9 Å². The van der Waals surface area contributed by atoms with E-state index in [4.69, 9.17) is 0 Å². The van der Waals surface area contributed by atoms with Gasteiger partial charge in [0, 0.05) is 6.04 Å². The van der Waals surface area contributed by atoms with E-state index in [1.807, 2.05) is 0 Å². The highest BCUT2D eigenvalue weighted by Gasteiger charge is 2.21.